The quantitative estimate of drug-likeness (QED) is 0.0443. The van der Waals surface area contributed by atoms with Gasteiger partial charge < -0.3 is 30.6 Å². The maximum absolute atomic E-state index is 12.7. The maximum atomic E-state index is 12.7. The second kappa shape index (κ2) is 16.4. The highest BCUT2D eigenvalue weighted by Gasteiger charge is 2.30. The number of ketones is 1. The van der Waals surface area contributed by atoms with Crippen LogP contribution in [0.3, 0.4) is 0 Å². The van der Waals surface area contributed by atoms with Gasteiger partial charge in [0.2, 0.25) is 5.91 Å². The summed E-state index contributed by atoms with van der Waals surface area (Å²) >= 11 is 0. The highest BCUT2D eigenvalue weighted by Crippen LogP contribution is 2.15. The molecule has 0 aliphatic carbocycles. The van der Waals surface area contributed by atoms with E-state index < -0.39 is 29.9 Å². The number of carbonyl (C=O) groups excluding carboxylic acids is 2. The van der Waals surface area contributed by atoms with Crippen LogP contribution in [0.1, 0.15) is 39.5 Å². The number of hydrogen-bond donors (Lipinski definition) is 5. The summed E-state index contributed by atoms with van der Waals surface area (Å²) in [6.45, 7) is 4.25. The first kappa shape index (κ1) is 28.7. The third-order valence-corrected chi connectivity index (χ3v) is 4.15. The molecule has 14 heteroatoms. The van der Waals surface area contributed by atoms with Gasteiger partial charge in [0.25, 0.3) is 5.96 Å². The van der Waals surface area contributed by atoms with E-state index in [2.05, 4.69) is 10.3 Å². The Morgan fingerprint density at radius 2 is 1.97 bits per heavy atom. The van der Waals surface area contributed by atoms with Gasteiger partial charge in [-0.1, -0.05) is 19.3 Å². The summed E-state index contributed by atoms with van der Waals surface area (Å²) in [5.74, 6) is -2.68. The van der Waals surface area contributed by atoms with Crippen LogP contribution in [0.15, 0.2) is 4.99 Å². The Kier molecular flexibility index (Phi) is 15.2. The van der Waals surface area contributed by atoms with Crippen molar-refractivity contribution < 1.29 is 34.1 Å². The van der Waals surface area contributed by atoms with Gasteiger partial charge >= 0.3 is 7.12 Å². The lowest BCUT2D eigenvalue weighted by atomic mass is 9.74. The van der Waals surface area contributed by atoms with E-state index in [4.69, 9.17) is 15.2 Å². The summed E-state index contributed by atoms with van der Waals surface area (Å²) in [6.07, 6.45) is 0.798. The number of nitrogens with zero attached hydrogens (tertiary/aromatic N) is 2. The van der Waals surface area contributed by atoms with Crippen molar-refractivity contribution in [1.29, 1.82) is 0 Å². The van der Waals surface area contributed by atoms with Crippen molar-refractivity contribution in [2.45, 2.75) is 45.5 Å². The molecule has 0 aromatic heterocycles. The lowest BCUT2D eigenvalue weighted by molar-refractivity contribution is -0.525. The summed E-state index contributed by atoms with van der Waals surface area (Å²) in [5, 5.41) is 31.1. The highest BCUT2D eigenvalue weighted by molar-refractivity contribution is 6.43. The highest BCUT2D eigenvalue weighted by atomic mass is 16.7. The molecule has 178 valence electrons. The molecule has 0 bridgehead atoms. The molecule has 0 radical (unpaired) electrons. The number of nitrogens with one attached hydrogen (secondary N) is 2. The molecule has 0 aliphatic rings. The first-order valence-corrected chi connectivity index (χ1v) is 10.0. The minimum atomic E-state index is -1.74. The SMILES string of the molecule is COCCOCC(=O)C[C@@H](CCCN=C(N)N[N+](=O)[O-])C(=O)N[C@@H](CC(C)C)B(O)O. The molecule has 0 saturated heterocycles. The number of nitrogens with two attached hydrogens (primary N) is 1. The van der Waals surface area contributed by atoms with Crippen LogP contribution in [0, 0.1) is 22.0 Å². The number of amides is 1. The molecule has 1 amide bonds. The van der Waals surface area contributed by atoms with E-state index in [0.717, 1.165) is 0 Å². The Labute approximate surface area is 182 Å². The molecule has 0 spiro atoms. The molecule has 0 rings (SSSR count). The van der Waals surface area contributed by atoms with Gasteiger partial charge in [-0.3, -0.25) is 9.59 Å². The minimum absolute atomic E-state index is 0.104. The van der Waals surface area contributed by atoms with Gasteiger partial charge in [-0.05, 0) is 25.2 Å². The average molecular weight is 447 g/mol. The molecule has 0 aliphatic heterocycles. The van der Waals surface area contributed by atoms with Gasteiger partial charge in [0.05, 0.1) is 19.2 Å². The smallest absolute Gasteiger partial charge is 0.426 e. The van der Waals surface area contributed by atoms with Crippen molar-refractivity contribution in [3.05, 3.63) is 10.1 Å². The standard InChI is InChI=1S/C17H34BN5O8/c1-12(2)9-15(18(26)27)21-16(25)13(10-14(24)11-31-8-7-30-3)5-4-6-20-17(19)22-23(28)29/h12-13,15,26-27H,4-11H2,1-3H3,(H,21,25)(H3,19,20,22)/t13-,15+/m1/s1. The molecule has 0 heterocycles. The van der Waals surface area contributed by atoms with Gasteiger partial charge in [-0.15, -0.1) is 0 Å². The number of nitro groups is 1. The zero-order chi connectivity index (χ0) is 23.8. The lowest BCUT2D eigenvalue weighted by Crippen LogP contribution is -2.49. The number of hydrazine groups is 1. The predicted octanol–water partition coefficient (Wildman–Crippen LogP) is -1.36. The van der Waals surface area contributed by atoms with Gasteiger partial charge in [0.15, 0.2) is 10.8 Å². The van der Waals surface area contributed by atoms with Crippen molar-refractivity contribution in [3.63, 3.8) is 0 Å². The number of rotatable bonds is 17. The molecular formula is C17H34BN5O8. The van der Waals surface area contributed by atoms with E-state index in [-0.39, 0.29) is 50.3 Å². The molecule has 0 unspecified atom stereocenters. The molecule has 0 fully saturated rings. The van der Waals surface area contributed by atoms with E-state index in [1.807, 2.05) is 13.8 Å². The Morgan fingerprint density at radius 3 is 2.52 bits per heavy atom. The van der Waals surface area contributed by atoms with Gasteiger partial charge in [-0.2, -0.15) is 0 Å². The third kappa shape index (κ3) is 15.2. The van der Waals surface area contributed by atoms with Crippen LogP contribution in [0.25, 0.3) is 0 Å². The van der Waals surface area contributed by atoms with Crippen LogP contribution in [-0.2, 0) is 19.1 Å². The Morgan fingerprint density at radius 1 is 1.29 bits per heavy atom. The number of ether oxygens (including phenoxy) is 2. The summed E-state index contributed by atoms with van der Waals surface area (Å²) in [6, 6.07) is 0. The number of aliphatic imine (C=N–C) groups is 1. The fraction of sp³-hybridized carbons (Fsp3) is 0.824. The van der Waals surface area contributed by atoms with E-state index in [1.165, 1.54) is 7.11 Å². The first-order chi connectivity index (χ1) is 14.6. The number of carbonyl (C=O) groups is 2. The van der Waals surface area contributed by atoms with Gasteiger partial charge in [-0.25, -0.2) is 15.1 Å². The lowest BCUT2D eigenvalue weighted by Gasteiger charge is -2.23. The topological polar surface area (TPSA) is 199 Å². The van der Waals surface area contributed by atoms with Crippen molar-refractivity contribution in [2.75, 3.05) is 33.5 Å². The van der Waals surface area contributed by atoms with Crippen molar-refractivity contribution in [1.82, 2.24) is 10.7 Å². The van der Waals surface area contributed by atoms with E-state index >= 15 is 0 Å². The van der Waals surface area contributed by atoms with E-state index in [0.29, 0.717) is 19.4 Å². The number of guanidine groups is 1. The maximum Gasteiger partial charge on any atom is 0.475 e. The molecule has 0 saturated carbocycles. The van der Waals surface area contributed by atoms with Crippen LogP contribution < -0.4 is 16.5 Å². The summed E-state index contributed by atoms with van der Waals surface area (Å²) in [7, 11) is -0.233. The Balaban J connectivity index is 4.96. The fourth-order valence-electron chi connectivity index (χ4n) is 2.72. The normalized spacial score (nSPS) is 13.5. The van der Waals surface area contributed by atoms with E-state index in [1.54, 1.807) is 5.43 Å². The predicted molar refractivity (Wildman–Crippen MR) is 113 cm³/mol. The van der Waals surface area contributed by atoms with Gasteiger partial charge in [0.1, 0.15) is 6.61 Å². The van der Waals surface area contributed by atoms with Crippen molar-refractivity contribution >= 4 is 24.8 Å². The molecule has 0 aromatic rings. The minimum Gasteiger partial charge on any atom is -0.426 e. The van der Waals surface area contributed by atoms with Crippen molar-refractivity contribution in [2.24, 2.45) is 22.6 Å². The zero-order valence-corrected chi connectivity index (χ0v) is 18.3. The summed E-state index contributed by atoms with van der Waals surface area (Å²) < 4.78 is 10.0. The van der Waals surface area contributed by atoms with Crippen LogP contribution in [0.4, 0.5) is 0 Å². The third-order valence-electron chi connectivity index (χ3n) is 4.15. The molecular weight excluding hydrogens is 413 g/mol. The fourth-order valence-corrected chi connectivity index (χ4v) is 2.72. The first-order valence-electron chi connectivity index (χ1n) is 10.0. The Bertz CT molecular complexity index is 591. The largest absolute Gasteiger partial charge is 0.475 e. The number of methoxy groups -OCH3 is 1. The monoisotopic (exact) mass is 447 g/mol. The average Bonchev–Trinajstić information content (AvgIpc) is 2.66. The van der Waals surface area contributed by atoms with Crippen LogP contribution >= 0.6 is 0 Å². The number of Topliss-reactive ketones (excluding diaryl/α,β-unsaturated/α-hetero) is 1. The van der Waals surface area contributed by atoms with Crippen LogP contribution in [0.5, 0.6) is 0 Å². The Hall–Kier alpha value is -2.29. The summed E-state index contributed by atoms with van der Waals surface area (Å²) in [5.41, 5.74) is 7.05. The molecule has 2 atom stereocenters. The molecule has 31 heavy (non-hydrogen) atoms. The molecule has 6 N–H and O–H groups in total. The number of hydrogen-bond acceptors (Lipinski definition) is 9. The van der Waals surface area contributed by atoms with Gasteiger partial charge in [0, 0.05) is 26.0 Å². The second-order valence-corrected chi connectivity index (χ2v) is 7.42. The summed E-state index contributed by atoms with van der Waals surface area (Å²) in [4.78, 5) is 39.0. The van der Waals surface area contributed by atoms with Crippen molar-refractivity contribution in [3.8, 4) is 0 Å². The van der Waals surface area contributed by atoms with E-state index in [9.17, 15) is 29.8 Å². The molecule has 13 nitrogen and oxygen atoms in total. The van der Waals surface area contributed by atoms with Crippen LogP contribution in [-0.4, -0.2) is 79.3 Å². The van der Waals surface area contributed by atoms with Crippen LogP contribution in [0.2, 0.25) is 0 Å². The molecule has 0 aromatic carbocycles. The zero-order valence-electron chi connectivity index (χ0n) is 18.3. The second-order valence-electron chi connectivity index (χ2n) is 7.42.